The Labute approximate surface area is 122 Å². The van der Waals surface area contributed by atoms with Crippen LogP contribution >= 0.6 is 11.6 Å². The molecule has 1 aliphatic rings. The lowest BCUT2D eigenvalue weighted by Crippen LogP contribution is -2.20. The summed E-state index contributed by atoms with van der Waals surface area (Å²) >= 11 is 5.78. The second-order valence-electron chi connectivity index (χ2n) is 4.88. The second kappa shape index (κ2) is 5.71. The zero-order valence-electron chi connectivity index (χ0n) is 10.9. The summed E-state index contributed by atoms with van der Waals surface area (Å²) < 4.78 is 18.8. The molecule has 0 bridgehead atoms. The van der Waals surface area contributed by atoms with Crippen molar-refractivity contribution in [1.29, 1.82) is 0 Å². The highest BCUT2D eigenvalue weighted by Gasteiger charge is 2.20. The van der Waals surface area contributed by atoms with Gasteiger partial charge in [0.15, 0.2) is 0 Å². The SMILES string of the molecule is Fc1ccc(NCC2CCOc3ccccc32)cc1Cl. The Morgan fingerprint density at radius 3 is 2.95 bits per heavy atom. The molecule has 1 heterocycles. The third-order valence-corrected chi connectivity index (χ3v) is 3.84. The van der Waals surface area contributed by atoms with Gasteiger partial charge in [0.2, 0.25) is 0 Å². The van der Waals surface area contributed by atoms with E-state index < -0.39 is 5.82 Å². The Kier molecular flexibility index (Phi) is 3.79. The fraction of sp³-hybridized carbons (Fsp3) is 0.250. The van der Waals surface area contributed by atoms with Crippen LogP contribution < -0.4 is 10.1 Å². The van der Waals surface area contributed by atoms with Gasteiger partial charge in [-0.3, -0.25) is 0 Å². The normalized spacial score (nSPS) is 17.2. The van der Waals surface area contributed by atoms with Gasteiger partial charge in [-0.05, 0) is 36.2 Å². The number of hydrogen-bond acceptors (Lipinski definition) is 2. The molecule has 0 aliphatic carbocycles. The monoisotopic (exact) mass is 291 g/mol. The highest BCUT2D eigenvalue weighted by molar-refractivity contribution is 6.31. The minimum absolute atomic E-state index is 0.141. The van der Waals surface area contributed by atoms with E-state index in [0.29, 0.717) is 5.92 Å². The van der Waals surface area contributed by atoms with Crippen molar-refractivity contribution >= 4 is 17.3 Å². The molecule has 2 aromatic rings. The van der Waals surface area contributed by atoms with Crippen LogP contribution in [0.2, 0.25) is 5.02 Å². The average Bonchev–Trinajstić information content (AvgIpc) is 2.48. The molecule has 1 aliphatic heterocycles. The summed E-state index contributed by atoms with van der Waals surface area (Å²) in [5.74, 6) is 0.958. The van der Waals surface area contributed by atoms with E-state index in [4.69, 9.17) is 16.3 Å². The first-order valence-electron chi connectivity index (χ1n) is 6.64. The van der Waals surface area contributed by atoms with Crippen molar-refractivity contribution in [2.75, 3.05) is 18.5 Å². The average molecular weight is 292 g/mol. The predicted molar refractivity (Wildman–Crippen MR) is 79.2 cm³/mol. The second-order valence-corrected chi connectivity index (χ2v) is 5.29. The van der Waals surface area contributed by atoms with E-state index in [0.717, 1.165) is 31.0 Å². The summed E-state index contributed by atoms with van der Waals surface area (Å²) in [6, 6.07) is 12.8. The van der Waals surface area contributed by atoms with E-state index >= 15 is 0 Å². The molecule has 0 amide bonds. The molecule has 1 atom stereocenters. The summed E-state index contributed by atoms with van der Waals surface area (Å²) in [4.78, 5) is 0. The number of halogens is 2. The summed E-state index contributed by atoms with van der Waals surface area (Å²) in [5, 5.41) is 3.46. The van der Waals surface area contributed by atoms with Crippen molar-refractivity contribution in [2.45, 2.75) is 12.3 Å². The van der Waals surface area contributed by atoms with Crippen LogP contribution in [0.25, 0.3) is 0 Å². The molecule has 104 valence electrons. The van der Waals surface area contributed by atoms with Gasteiger partial charge >= 0.3 is 0 Å². The van der Waals surface area contributed by atoms with Crippen molar-refractivity contribution in [3.8, 4) is 5.75 Å². The first-order chi connectivity index (χ1) is 9.74. The predicted octanol–water partition coefficient (Wildman–Crippen LogP) is 4.46. The third kappa shape index (κ3) is 2.73. The molecule has 1 N–H and O–H groups in total. The van der Waals surface area contributed by atoms with Crippen molar-refractivity contribution in [3.63, 3.8) is 0 Å². The smallest absolute Gasteiger partial charge is 0.141 e. The Hall–Kier alpha value is -1.74. The largest absolute Gasteiger partial charge is 0.493 e. The summed E-state index contributed by atoms with van der Waals surface area (Å²) in [6.45, 7) is 1.51. The third-order valence-electron chi connectivity index (χ3n) is 3.55. The minimum atomic E-state index is -0.395. The Bertz CT molecular complexity index is 617. The van der Waals surface area contributed by atoms with Crippen molar-refractivity contribution in [3.05, 3.63) is 58.9 Å². The minimum Gasteiger partial charge on any atom is -0.493 e. The van der Waals surface area contributed by atoms with Crippen LogP contribution in [0, 0.1) is 5.82 Å². The van der Waals surface area contributed by atoms with Gasteiger partial charge in [-0.2, -0.15) is 0 Å². The van der Waals surface area contributed by atoms with E-state index in [-0.39, 0.29) is 5.02 Å². The lowest BCUT2D eigenvalue weighted by molar-refractivity contribution is 0.270. The van der Waals surface area contributed by atoms with Crippen LogP contribution in [0.5, 0.6) is 5.75 Å². The van der Waals surface area contributed by atoms with E-state index in [9.17, 15) is 4.39 Å². The van der Waals surface area contributed by atoms with Crippen LogP contribution in [0.4, 0.5) is 10.1 Å². The number of fused-ring (bicyclic) bond motifs is 1. The molecular formula is C16H15ClFNO. The molecule has 0 spiro atoms. The Morgan fingerprint density at radius 2 is 2.10 bits per heavy atom. The van der Waals surface area contributed by atoms with Crippen LogP contribution in [-0.4, -0.2) is 13.2 Å². The Balaban J connectivity index is 1.71. The van der Waals surface area contributed by atoms with Crippen LogP contribution in [-0.2, 0) is 0 Å². The maximum Gasteiger partial charge on any atom is 0.141 e. The lowest BCUT2D eigenvalue weighted by Gasteiger charge is -2.26. The number of rotatable bonds is 3. The van der Waals surface area contributed by atoms with E-state index in [2.05, 4.69) is 11.4 Å². The number of hydrogen-bond donors (Lipinski definition) is 1. The Morgan fingerprint density at radius 1 is 1.25 bits per heavy atom. The molecule has 2 nitrogen and oxygen atoms in total. The van der Waals surface area contributed by atoms with Gasteiger partial charge in [0.25, 0.3) is 0 Å². The summed E-state index contributed by atoms with van der Waals surface area (Å²) in [5.41, 5.74) is 2.06. The molecule has 0 saturated carbocycles. The van der Waals surface area contributed by atoms with E-state index in [1.54, 1.807) is 12.1 Å². The van der Waals surface area contributed by atoms with Gasteiger partial charge in [0, 0.05) is 18.2 Å². The van der Waals surface area contributed by atoms with Gasteiger partial charge in [-0.25, -0.2) is 4.39 Å². The topological polar surface area (TPSA) is 21.3 Å². The molecule has 2 aromatic carbocycles. The fourth-order valence-corrected chi connectivity index (χ4v) is 2.66. The zero-order valence-corrected chi connectivity index (χ0v) is 11.7. The van der Waals surface area contributed by atoms with Gasteiger partial charge in [0.1, 0.15) is 11.6 Å². The summed E-state index contributed by atoms with van der Waals surface area (Å²) in [6.07, 6.45) is 0.971. The number of para-hydroxylation sites is 1. The van der Waals surface area contributed by atoms with Gasteiger partial charge in [-0.1, -0.05) is 29.8 Å². The molecule has 3 rings (SSSR count). The lowest BCUT2D eigenvalue weighted by atomic mass is 9.93. The van der Waals surface area contributed by atoms with Gasteiger partial charge in [0.05, 0.1) is 11.6 Å². The van der Waals surface area contributed by atoms with Crippen molar-refractivity contribution in [2.24, 2.45) is 0 Å². The highest BCUT2D eigenvalue weighted by atomic mass is 35.5. The number of nitrogens with one attached hydrogen (secondary N) is 1. The van der Waals surface area contributed by atoms with Crippen molar-refractivity contribution in [1.82, 2.24) is 0 Å². The van der Waals surface area contributed by atoms with Gasteiger partial charge in [-0.15, -0.1) is 0 Å². The first-order valence-corrected chi connectivity index (χ1v) is 7.02. The highest BCUT2D eigenvalue weighted by Crippen LogP contribution is 2.33. The molecule has 0 fully saturated rings. The summed E-state index contributed by atoms with van der Waals surface area (Å²) in [7, 11) is 0. The fourth-order valence-electron chi connectivity index (χ4n) is 2.48. The molecule has 1 unspecified atom stereocenters. The zero-order chi connectivity index (χ0) is 13.9. The quantitative estimate of drug-likeness (QED) is 0.901. The molecule has 0 saturated heterocycles. The van der Waals surface area contributed by atoms with Crippen LogP contribution in [0.15, 0.2) is 42.5 Å². The number of anilines is 1. The molecule has 0 radical (unpaired) electrons. The maximum atomic E-state index is 13.1. The van der Waals surface area contributed by atoms with Crippen LogP contribution in [0.1, 0.15) is 17.9 Å². The molecule has 4 heteroatoms. The maximum absolute atomic E-state index is 13.1. The molecule has 0 aromatic heterocycles. The standard InChI is InChI=1S/C16H15ClFNO/c17-14-9-12(5-6-15(14)18)19-10-11-7-8-20-16-4-2-1-3-13(11)16/h1-6,9,11,19H,7-8,10H2. The van der Waals surface area contributed by atoms with Crippen LogP contribution in [0.3, 0.4) is 0 Å². The molecular weight excluding hydrogens is 277 g/mol. The van der Waals surface area contributed by atoms with E-state index in [1.165, 1.54) is 11.6 Å². The number of benzene rings is 2. The molecule has 20 heavy (non-hydrogen) atoms. The van der Waals surface area contributed by atoms with Crippen molar-refractivity contribution < 1.29 is 9.13 Å². The number of ether oxygens (including phenoxy) is 1. The van der Waals surface area contributed by atoms with E-state index in [1.807, 2.05) is 18.2 Å². The van der Waals surface area contributed by atoms with Gasteiger partial charge < -0.3 is 10.1 Å². The first kappa shape index (κ1) is 13.3.